The van der Waals surface area contributed by atoms with Gasteiger partial charge in [0.1, 0.15) is 18.0 Å². The Balaban J connectivity index is 1.18. The zero-order valence-corrected chi connectivity index (χ0v) is 25.9. The highest BCUT2D eigenvalue weighted by molar-refractivity contribution is 6.22. The quantitative estimate of drug-likeness (QED) is 0.140. The first kappa shape index (κ1) is 35.2. The van der Waals surface area contributed by atoms with Crippen molar-refractivity contribution in [1.29, 1.82) is 0 Å². The van der Waals surface area contributed by atoms with E-state index in [1.54, 1.807) is 18.2 Å². The molecule has 14 nitrogen and oxygen atoms in total. The molecule has 3 rings (SSSR count). The fourth-order valence-electron chi connectivity index (χ4n) is 4.39. The van der Waals surface area contributed by atoms with Crippen LogP contribution in [0.2, 0.25) is 0 Å². The van der Waals surface area contributed by atoms with E-state index < -0.39 is 29.6 Å². The van der Waals surface area contributed by atoms with Crippen LogP contribution in [0.1, 0.15) is 67.2 Å². The Kier molecular flexibility index (Phi) is 14.8. The molecule has 1 atom stereocenters. The van der Waals surface area contributed by atoms with Crippen LogP contribution in [0.15, 0.2) is 18.2 Å². The van der Waals surface area contributed by atoms with Crippen molar-refractivity contribution in [2.45, 2.75) is 58.1 Å². The molecule has 2 aliphatic heterocycles. The molecule has 0 spiro atoms. The van der Waals surface area contributed by atoms with Crippen LogP contribution in [0.4, 0.5) is 4.79 Å². The maximum atomic E-state index is 13.1. The smallest absolute Gasteiger partial charge is 0.407 e. The number of imide groups is 1. The summed E-state index contributed by atoms with van der Waals surface area (Å²) in [7, 11) is 0. The number of nitrogens with zero attached hydrogens (tertiary/aromatic N) is 1. The Labute approximate surface area is 257 Å². The fraction of sp³-hybridized carbons (Fsp3) is 0.667. The van der Waals surface area contributed by atoms with Gasteiger partial charge in [0.2, 0.25) is 0 Å². The third-order valence-electron chi connectivity index (χ3n) is 6.41. The molecular weight excluding hydrogens is 578 g/mol. The average Bonchev–Trinajstić information content (AvgIpc) is 3.12. The van der Waals surface area contributed by atoms with Crippen molar-refractivity contribution in [2.75, 3.05) is 72.6 Å². The van der Waals surface area contributed by atoms with Gasteiger partial charge in [-0.25, -0.2) is 14.6 Å². The molecule has 2 aliphatic rings. The van der Waals surface area contributed by atoms with Gasteiger partial charge in [0.15, 0.2) is 6.61 Å². The van der Waals surface area contributed by atoms with Gasteiger partial charge in [-0.2, -0.15) is 0 Å². The van der Waals surface area contributed by atoms with Gasteiger partial charge >= 0.3 is 6.09 Å². The molecule has 0 radical (unpaired) electrons. The van der Waals surface area contributed by atoms with E-state index in [1.165, 1.54) is 4.90 Å². The lowest BCUT2D eigenvalue weighted by Crippen LogP contribution is -2.42. The van der Waals surface area contributed by atoms with Crippen molar-refractivity contribution in [2.24, 2.45) is 0 Å². The van der Waals surface area contributed by atoms with Crippen LogP contribution in [0.5, 0.6) is 5.75 Å². The number of hydrogen-bond acceptors (Lipinski definition) is 11. The second kappa shape index (κ2) is 18.5. The number of amides is 4. The largest absolute Gasteiger partial charge is 0.483 e. The highest BCUT2D eigenvalue weighted by Gasteiger charge is 2.42. The van der Waals surface area contributed by atoms with E-state index in [2.05, 4.69) is 10.6 Å². The van der Waals surface area contributed by atoms with Crippen LogP contribution in [-0.4, -0.2) is 113 Å². The first-order chi connectivity index (χ1) is 21.2. The lowest BCUT2D eigenvalue weighted by atomic mass is 10.1. The third-order valence-corrected chi connectivity index (χ3v) is 6.41. The maximum Gasteiger partial charge on any atom is 0.407 e. The standard InChI is InChI=1S/C30H45N3O11/c1-30(2,3)44-29(37)32-12-7-14-39-17-19-40-18-16-38-13-6-11-31-25(34)21-41-24-10-4-9-23-26(24)28(36)33(27(23)35)22-8-5-15-42-43-20-22/h4,9-10,22H,5-8,11-21H2,1-3H3,(H,31,34)(H,32,37). The zero-order chi connectivity index (χ0) is 31.8. The predicted molar refractivity (Wildman–Crippen MR) is 156 cm³/mol. The van der Waals surface area contributed by atoms with Crippen molar-refractivity contribution >= 4 is 23.8 Å². The molecule has 2 heterocycles. The normalized spacial score (nSPS) is 16.8. The molecule has 0 aliphatic carbocycles. The minimum absolute atomic E-state index is 0.106. The summed E-state index contributed by atoms with van der Waals surface area (Å²) >= 11 is 0. The number of ether oxygens (including phenoxy) is 5. The molecule has 0 saturated carbocycles. The van der Waals surface area contributed by atoms with Gasteiger partial charge in [0.05, 0.1) is 50.2 Å². The van der Waals surface area contributed by atoms with Crippen molar-refractivity contribution in [3.63, 3.8) is 0 Å². The summed E-state index contributed by atoms with van der Waals surface area (Å²) in [5, 5.41) is 5.42. The summed E-state index contributed by atoms with van der Waals surface area (Å²) in [6, 6.07) is 4.34. The second-order valence-corrected chi connectivity index (χ2v) is 11.2. The van der Waals surface area contributed by atoms with Gasteiger partial charge in [-0.3, -0.25) is 19.3 Å². The minimum atomic E-state index is -0.517. The summed E-state index contributed by atoms with van der Waals surface area (Å²) in [6.45, 7) is 9.18. The lowest BCUT2D eigenvalue weighted by molar-refractivity contribution is -0.291. The van der Waals surface area contributed by atoms with Gasteiger partial charge in [0.25, 0.3) is 17.7 Å². The van der Waals surface area contributed by atoms with Crippen molar-refractivity contribution in [1.82, 2.24) is 15.5 Å². The van der Waals surface area contributed by atoms with Gasteiger partial charge in [-0.15, -0.1) is 0 Å². The molecule has 2 N–H and O–H groups in total. The molecule has 1 saturated heterocycles. The van der Waals surface area contributed by atoms with Gasteiger partial charge in [0, 0.05) is 26.3 Å². The number of carbonyl (C=O) groups is 4. The number of carbonyl (C=O) groups excluding carboxylic acids is 4. The molecule has 0 bridgehead atoms. The van der Waals surface area contributed by atoms with Crippen LogP contribution < -0.4 is 15.4 Å². The number of rotatable bonds is 18. The molecule has 1 aromatic rings. The van der Waals surface area contributed by atoms with E-state index in [-0.39, 0.29) is 36.0 Å². The summed E-state index contributed by atoms with van der Waals surface area (Å²) in [4.78, 5) is 61.2. The Morgan fingerprint density at radius 3 is 2.25 bits per heavy atom. The summed E-state index contributed by atoms with van der Waals surface area (Å²) < 4.78 is 27.2. The Bertz CT molecular complexity index is 1080. The fourth-order valence-corrected chi connectivity index (χ4v) is 4.39. The van der Waals surface area contributed by atoms with Crippen LogP contribution in [0.25, 0.3) is 0 Å². The number of hydrogen-bond donors (Lipinski definition) is 2. The Morgan fingerprint density at radius 1 is 0.909 bits per heavy atom. The van der Waals surface area contributed by atoms with E-state index >= 15 is 0 Å². The SMILES string of the molecule is CC(C)(C)OC(=O)NCCCOCCOCCOCCCNC(=O)COc1cccc2c1C(=O)N(C1CCCOOC1)C2=O. The molecule has 246 valence electrons. The average molecular weight is 624 g/mol. The minimum Gasteiger partial charge on any atom is -0.483 e. The molecule has 44 heavy (non-hydrogen) atoms. The van der Waals surface area contributed by atoms with E-state index in [0.717, 1.165) is 0 Å². The Morgan fingerprint density at radius 2 is 1.57 bits per heavy atom. The molecule has 0 aromatic heterocycles. The van der Waals surface area contributed by atoms with E-state index in [4.69, 9.17) is 33.5 Å². The van der Waals surface area contributed by atoms with Gasteiger partial charge in [-0.05, 0) is 58.6 Å². The summed E-state index contributed by atoms with van der Waals surface area (Å²) in [6.07, 6.45) is 2.07. The second-order valence-electron chi connectivity index (χ2n) is 11.2. The maximum absolute atomic E-state index is 13.1. The topological polar surface area (TPSA) is 160 Å². The summed E-state index contributed by atoms with van der Waals surface area (Å²) in [5.41, 5.74) is -0.112. The first-order valence-electron chi connectivity index (χ1n) is 15.0. The number of fused-ring (bicyclic) bond motifs is 1. The zero-order valence-electron chi connectivity index (χ0n) is 25.9. The van der Waals surface area contributed by atoms with Gasteiger partial charge < -0.3 is 34.3 Å². The van der Waals surface area contributed by atoms with E-state index in [1.807, 2.05) is 20.8 Å². The molecule has 1 fully saturated rings. The molecule has 14 heteroatoms. The predicted octanol–water partition coefficient (Wildman–Crippen LogP) is 2.24. The van der Waals surface area contributed by atoms with E-state index in [9.17, 15) is 19.2 Å². The van der Waals surface area contributed by atoms with Gasteiger partial charge in [-0.1, -0.05) is 6.07 Å². The van der Waals surface area contributed by atoms with Crippen LogP contribution in [0.3, 0.4) is 0 Å². The molecule has 1 unspecified atom stereocenters. The highest BCUT2D eigenvalue weighted by Crippen LogP contribution is 2.33. The van der Waals surface area contributed by atoms with E-state index in [0.29, 0.717) is 85.0 Å². The lowest BCUT2D eigenvalue weighted by Gasteiger charge is -2.23. The Hall–Kier alpha value is -3.30. The van der Waals surface area contributed by atoms with Crippen molar-refractivity contribution < 1.29 is 52.6 Å². The molecule has 4 amide bonds. The third kappa shape index (κ3) is 12.0. The number of alkyl carbamates (subject to hydrolysis) is 1. The summed E-state index contributed by atoms with van der Waals surface area (Å²) in [5.74, 6) is -1.03. The van der Waals surface area contributed by atoms with Crippen LogP contribution in [0, 0.1) is 0 Å². The van der Waals surface area contributed by atoms with Crippen molar-refractivity contribution in [3.05, 3.63) is 29.3 Å². The van der Waals surface area contributed by atoms with Crippen LogP contribution in [-0.2, 0) is 33.5 Å². The molecular formula is C30H45N3O11. The van der Waals surface area contributed by atoms with Crippen molar-refractivity contribution in [3.8, 4) is 5.75 Å². The number of nitrogens with one attached hydrogen (secondary N) is 2. The first-order valence-corrected chi connectivity index (χ1v) is 15.0. The number of benzene rings is 1. The van der Waals surface area contributed by atoms with Crippen LogP contribution >= 0.6 is 0 Å². The molecule has 1 aromatic carbocycles. The highest BCUT2D eigenvalue weighted by atomic mass is 17.2. The monoisotopic (exact) mass is 623 g/mol.